The van der Waals surface area contributed by atoms with Crippen LogP contribution in [0.25, 0.3) is 0 Å². The zero-order valence-electron chi connectivity index (χ0n) is 12.5. The minimum absolute atomic E-state index is 0.619. The van der Waals surface area contributed by atoms with Crippen molar-refractivity contribution in [2.75, 3.05) is 31.1 Å². The van der Waals surface area contributed by atoms with Gasteiger partial charge in [-0.05, 0) is 45.7 Å². The number of piperidine rings is 2. The Hall–Kier alpha value is -0.650. The Bertz CT molecular complexity index is 431. The van der Waals surface area contributed by atoms with Crippen molar-refractivity contribution in [2.24, 2.45) is 5.73 Å². The molecule has 5 heteroatoms. The second-order valence-electron chi connectivity index (χ2n) is 6.02. The zero-order chi connectivity index (χ0) is 13.9. The number of hydrogen-bond donors (Lipinski definition) is 1. The third-order valence-corrected chi connectivity index (χ3v) is 5.95. The van der Waals surface area contributed by atoms with Crippen LogP contribution in [-0.2, 0) is 6.54 Å². The molecule has 2 N–H and O–H groups in total. The van der Waals surface area contributed by atoms with Crippen molar-refractivity contribution in [2.45, 2.75) is 51.6 Å². The fraction of sp³-hybridized carbons (Fsp3) is 0.800. The molecular formula is C15H26N4S. The fourth-order valence-electron chi connectivity index (χ4n) is 3.44. The first kappa shape index (κ1) is 14.3. The maximum atomic E-state index is 5.76. The fourth-order valence-corrected chi connectivity index (χ4v) is 4.43. The highest BCUT2D eigenvalue weighted by Gasteiger charge is 2.26. The van der Waals surface area contributed by atoms with Crippen LogP contribution in [0.15, 0.2) is 0 Å². The largest absolute Gasteiger partial charge is 0.348 e. The number of aromatic nitrogens is 1. The number of thiazole rings is 1. The lowest BCUT2D eigenvalue weighted by Gasteiger charge is -2.40. The molecule has 2 fully saturated rings. The van der Waals surface area contributed by atoms with Gasteiger partial charge in [-0.1, -0.05) is 6.42 Å². The van der Waals surface area contributed by atoms with Gasteiger partial charge in [-0.15, -0.1) is 11.3 Å². The van der Waals surface area contributed by atoms with Crippen molar-refractivity contribution in [3.63, 3.8) is 0 Å². The van der Waals surface area contributed by atoms with E-state index in [-0.39, 0.29) is 0 Å². The van der Waals surface area contributed by atoms with Crippen LogP contribution in [0.4, 0.5) is 5.13 Å². The first-order valence-electron chi connectivity index (χ1n) is 7.93. The molecule has 3 heterocycles. The summed E-state index contributed by atoms with van der Waals surface area (Å²) in [5, 5.41) is 1.18. The van der Waals surface area contributed by atoms with Crippen molar-refractivity contribution in [1.82, 2.24) is 9.88 Å². The zero-order valence-corrected chi connectivity index (χ0v) is 13.3. The predicted octanol–water partition coefficient (Wildman–Crippen LogP) is 2.36. The van der Waals surface area contributed by atoms with E-state index in [0.717, 1.165) is 24.8 Å². The Kier molecular flexibility index (Phi) is 4.58. The molecule has 3 rings (SSSR count). The van der Waals surface area contributed by atoms with Crippen LogP contribution in [-0.4, -0.2) is 42.1 Å². The standard InChI is InChI=1S/C15H26N4S/c1-12-14(11-16)20-15(17-12)19-9-5-13(6-10-19)18-7-3-2-4-8-18/h13H,2-11,16H2,1H3. The van der Waals surface area contributed by atoms with Crippen molar-refractivity contribution < 1.29 is 0 Å². The number of hydrogen-bond acceptors (Lipinski definition) is 5. The molecule has 2 aliphatic heterocycles. The number of nitrogens with two attached hydrogens (primary N) is 1. The number of aryl methyl sites for hydroxylation is 1. The summed E-state index contributed by atoms with van der Waals surface area (Å²) in [5.74, 6) is 0. The van der Waals surface area contributed by atoms with Crippen LogP contribution < -0.4 is 10.6 Å². The number of nitrogens with zero attached hydrogens (tertiary/aromatic N) is 3. The van der Waals surface area contributed by atoms with Crippen LogP contribution in [0.5, 0.6) is 0 Å². The molecular weight excluding hydrogens is 268 g/mol. The predicted molar refractivity (Wildman–Crippen MR) is 85.4 cm³/mol. The molecule has 0 radical (unpaired) electrons. The molecule has 1 aromatic rings. The Labute approximate surface area is 126 Å². The summed E-state index contributed by atoms with van der Waals surface area (Å²) in [6, 6.07) is 0.807. The Morgan fingerprint density at radius 1 is 1.15 bits per heavy atom. The summed E-state index contributed by atoms with van der Waals surface area (Å²) >= 11 is 1.78. The third kappa shape index (κ3) is 3.00. The van der Waals surface area contributed by atoms with E-state index in [1.807, 2.05) is 0 Å². The smallest absolute Gasteiger partial charge is 0.185 e. The Balaban J connectivity index is 1.57. The number of anilines is 1. The molecule has 0 aliphatic carbocycles. The van der Waals surface area contributed by atoms with E-state index >= 15 is 0 Å². The van der Waals surface area contributed by atoms with Gasteiger partial charge < -0.3 is 15.5 Å². The molecule has 2 saturated heterocycles. The molecule has 0 spiro atoms. The minimum Gasteiger partial charge on any atom is -0.348 e. The summed E-state index contributed by atoms with van der Waals surface area (Å²) in [4.78, 5) is 11.1. The van der Waals surface area contributed by atoms with E-state index in [4.69, 9.17) is 10.7 Å². The lowest BCUT2D eigenvalue weighted by atomic mass is 10.0. The molecule has 0 saturated carbocycles. The van der Waals surface area contributed by atoms with Crippen molar-refractivity contribution in [1.29, 1.82) is 0 Å². The molecule has 1 aromatic heterocycles. The van der Waals surface area contributed by atoms with E-state index in [1.54, 1.807) is 11.3 Å². The first-order valence-corrected chi connectivity index (χ1v) is 8.75. The van der Waals surface area contributed by atoms with Gasteiger partial charge in [0.25, 0.3) is 0 Å². The average Bonchev–Trinajstić information content (AvgIpc) is 2.89. The van der Waals surface area contributed by atoms with Gasteiger partial charge in [-0.2, -0.15) is 0 Å². The second kappa shape index (κ2) is 6.41. The summed E-state index contributed by atoms with van der Waals surface area (Å²) in [6.45, 7) is 7.63. The van der Waals surface area contributed by atoms with Gasteiger partial charge in [0.05, 0.1) is 5.69 Å². The van der Waals surface area contributed by atoms with Gasteiger partial charge in [0.1, 0.15) is 0 Å². The van der Waals surface area contributed by atoms with Crippen molar-refractivity contribution in [3.8, 4) is 0 Å². The summed E-state index contributed by atoms with van der Waals surface area (Å²) in [5.41, 5.74) is 6.87. The first-order chi connectivity index (χ1) is 9.78. The molecule has 20 heavy (non-hydrogen) atoms. The Morgan fingerprint density at radius 3 is 2.45 bits per heavy atom. The topological polar surface area (TPSA) is 45.4 Å². The summed E-state index contributed by atoms with van der Waals surface area (Å²) < 4.78 is 0. The quantitative estimate of drug-likeness (QED) is 0.929. The van der Waals surface area contributed by atoms with E-state index in [2.05, 4.69) is 16.7 Å². The van der Waals surface area contributed by atoms with Gasteiger partial charge in [0.15, 0.2) is 5.13 Å². The molecule has 0 atom stereocenters. The monoisotopic (exact) mass is 294 g/mol. The highest BCUT2D eigenvalue weighted by atomic mass is 32.1. The minimum atomic E-state index is 0.619. The molecule has 112 valence electrons. The van der Waals surface area contributed by atoms with Gasteiger partial charge in [0.2, 0.25) is 0 Å². The van der Waals surface area contributed by atoms with Gasteiger partial charge in [0, 0.05) is 30.6 Å². The lowest BCUT2D eigenvalue weighted by molar-refractivity contribution is 0.141. The second-order valence-corrected chi connectivity index (χ2v) is 7.09. The molecule has 0 bridgehead atoms. The van der Waals surface area contributed by atoms with Crippen LogP contribution in [0.2, 0.25) is 0 Å². The van der Waals surface area contributed by atoms with Crippen LogP contribution in [0.3, 0.4) is 0 Å². The molecule has 0 aromatic carbocycles. The lowest BCUT2D eigenvalue weighted by Crippen LogP contribution is -2.46. The van der Waals surface area contributed by atoms with E-state index < -0.39 is 0 Å². The summed E-state index contributed by atoms with van der Waals surface area (Å²) in [7, 11) is 0. The maximum absolute atomic E-state index is 5.76. The van der Waals surface area contributed by atoms with Gasteiger partial charge >= 0.3 is 0 Å². The molecule has 0 unspecified atom stereocenters. The highest BCUT2D eigenvalue weighted by molar-refractivity contribution is 7.15. The molecule has 0 amide bonds. The van der Waals surface area contributed by atoms with Crippen LogP contribution in [0, 0.1) is 6.92 Å². The van der Waals surface area contributed by atoms with Crippen molar-refractivity contribution in [3.05, 3.63) is 10.6 Å². The van der Waals surface area contributed by atoms with Crippen LogP contribution >= 0.6 is 11.3 Å². The third-order valence-electron chi connectivity index (χ3n) is 4.71. The normalized spacial score (nSPS) is 22.4. The number of likely N-dealkylation sites (tertiary alicyclic amines) is 1. The Morgan fingerprint density at radius 2 is 1.85 bits per heavy atom. The van der Waals surface area contributed by atoms with Crippen molar-refractivity contribution >= 4 is 16.5 Å². The van der Waals surface area contributed by atoms with Crippen LogP contribution in [0.1, 0.15) is 42.7 Å². The molecule has 4 nitrogen and oxygen atoms in total. The van der Waals surface area contributed by atoms with E-state index in [1.165, 1.54) is 55.2 Å². The van der Waals surface area contributed by atoms with E-state index in [0.29, 0.717) is 6.54 Å². The van der Waals surface area contributed by atoms with E-state index in [9.17, 15) is 0 Å². The van der Waals surface area contributed by atoms with Gasteiger partial charge in [-0.25, -0.2) is 4.98 Å². The SMILES string of the molecule is Cc1nc(N2CCC(N3CCCCC3)CC2)sc1CN. The van der Waals surface area contributed by atoms with Gasteiger partial charge in [-0.3, -0.25) is 0 Å². The average molecular weight is 294 g/mol. The highest BCUT2D eigenvalue weighted by Crippen LogP contribution is 2.29. The number of rotatable bonds is 3. The maximum Gasteiger partial charge on any atom is 0.185 e. The molecule has 2 aliphatic rings. The summed E-state index contributed by atoms with van der Waals surface area (Å²) in [6.07, 6.45) is 6.79.